The summed E-state index contributed by atoms with van der Waals surface area (Å²) < 4.78 is 15.1. The lowest BCUT2D eigenvalue weighted by Gasteiger charge is -2.28. The quantitative estimate of drug-likeness (QED) is 0.807. The van der Waals surface area contributed by atoms with Gasteiger partial charge in [0, 0.05) is 6.04 Å². The molecule has 16 heavy (non-hydrogen) atoms. The molecule has 1 heterocycles. The molecule has 1 N–H and O–H groups in total. The molecule has 0 saturated carbocycles. The number of nitrogens with one attached hydrogen (secondary N) is 1. The third-order valence-electron chi connectivity index (χ3n) is 3.03. The van der Waals surface area contributed by atoms with E-state index in [0.717, 1.165) is 19.4 Å². The zero-order valence-electron chi connectivity index (χ0n) is 11.1. The van der Waals surface area contributed by atoms with E-state index in [9.17, 15) is 4.21 Å². The summed E-state index contributed by atoms with van der Waals surface area (Å²) >= 11 is 0. The second kappa shape index (κ2) is 6.12. The molecular formula is C12H26N2OS. The molecule has 1 aliphatic heterocycles. The first-order chi connectivity index (χ1) is 7.39. The lowest BCUT2D eigenvalue weighted by atomic mass is 10.0. The third-order valence-corrected chi connectivity index (χ3v) is 4.69. The third kappa shape index (κ3) is 4.93. The standard InChI is InChI=1S/C12H26N2OS/c1-12(2,3)16(15)13-11-7-5-6-9-14(4)10-8-11/h11,13H,5-10H2,1-4H3. The lowest BCUT2D eigenvalue weighted by Crippen LogP contribution is -2.42. The Morgan fingerprint density at radius 3 is 2.50 bits per heavy atom. The van der Waals surface area contributed by atoms with Crippen LogP contribution >= 0.6 is 0 Å². The highest BCUT2D eigenvalue weighted by Gasteiger charge is 2.23. The summed E-state index contributed by atoms with van der Waals surface area (Å²) in [6.07, 6.45) is 4.77. The molecule has 0 amide bonds. The van der Waals surface area contributed by atoms with Gasteiger partial charge in [-0.2, -0.15) is 0 Å². The van der Waals surface area contributed by atoms with E-state index >= 15 is 0 Å². The number of nitrogens with zero attached hydrogens (tertiary/aromatic N) is 1. The lowest BCUT2D eigenvalue weighted by molar-refractivity contribution is 0.279. The van der Waals surface area contributed by atoms with Crippen LogP contribution in [0.4, 0.5) is 0 Å². The normalized spacial score (nSPS) is 27.1. The summed E-state index contributed by atoms with van der Waals surface area (Å²) in [5.41, 5.74) is 0. The predicted octanol–water partition coefficient (Wildman–Crippen LogP) is 1.91. The number of rotatable bonds is 2. The molecule has 1 fully saturated rings. The van der Waals surface area contributed by atoms with Gasteiger partial charge in [-0.3, -0.25) is 0 Å². The van der Waals surface area contributed by atoms with Crippen LogP contribution in [0.3, 0.4) is 0 Å². The molecule has 0 spiro atoms. The minimum atomic E-state index is -0.928. The van der Waals surface area contributed by atoms with Crippen molar-refractivity contribution in [3.05, 3.63) is 0 Å². The van der Waals surface area contributed by atoms with E-state index in [2.05, 4.69) is 16.7 Å². The average Bonchev–Trinajstić information content (AvgIpc) is 2.15. The van der Waals surface area contributed by atoms with Crippen LogP contribution in [-0.4, -0.2) is 40.0 Å². The van der Waals surface area contributed by atoms with E-state index in [-0.39, 0.29) is 4.75 Å². The van der Waals surface area contributed by atoms with Crippen LogP contribution in [0.2, 0.25) is 0 Å². The van der Waals surface area contributed by atoms with Gasteiger partial charge in [0.25, 0.3) is 0 Å². The minimum Gasteiger partial charge on any atom is -0.306 e. The van der Waals surface area contributed by atoms with Gasteiger partial charge in [0.1, 0.15) is 0 Å². The van der Waals surface area contributed by atoms with Crippen molar-refractivity contribution < 1.29 is 4.21 Å². The average molecular weight is 246 g/mol. The maximum absolute atomic E-state index is 12.0. The Balaban J connectivity index is 2.43. The molecule has 0 aliphatic carbocycles. The Bertz CT molecular complexity index is 238. The van der Waals surface area contributed by atoms with Gasteiger partial charge in [0.15, 0.2) is 0 Å². The van der Waals surface area contributed by atoms with E-state index in [1.54, 1.807) is 0 Å². The van der Waals surface area contributed by atoms with Crippen molar-refractivity contribution in [2.24, 2.45) is 0 Å². The molecule has 1 aliphatic rings. The zero-order chi connectivity index (χ0) is 12.2. The Morgan fingerprint density at radius 2 is 1.88 bits per heavy atom. The van der Waals surface area contributed by atoms with Gasteiger partial charge in [-0.05, 0) is 60.2 Å². The summed E-state index contributed by atoms with van der Waals surface area (Å²) in [7, 11) is 1.24. The van der Waals surface area contributed by atoms with Crippen LogP contribution in [0.1, 0.15) is 46.5 Å². The Hall–Kier alpha value is 0.0700. The van der Waals surface area contributed by atoms with E-state index in [4.69, 9.17) is 0 Å². The van der Waals surface area contributed by atoms with E-state index in [0.29, 0.717) is 6.04 Å². The Morgan fingerprint density at radius 1 is 1.19 bits per heavy atom. The molecule has 0 bridgehead atoms. The molecule has 0 aromatic rings. The fraction of sp³-hybridized carbons (Fsp3) is 1.00. The van der Waals surface area contributed by atoms with E-state index in [1.165, 1.54) is 19.4 Å². The smallest absolute Gasteiger partial charge is 0.0972 e. The highest BCUT2D eigenvalue weighted by atomic mass is 32.2. The summed E-state index contributed by atoms with van der Waals surface area (Å²) in [6.45, 7) is 8.37. The maximum Gasteiger partial charge on any atom is 0.0972 e. The highest BCUT2D eigenvalue weighted by molar-refractivity contribution is 7.84. The topological polar surface area (TPSA) is 32.3 Å². The van der Waals surface area contributed by atoms with Gasteiger partial charge in [-0.1, -0.05) is 6.42 Å². The fourth-order valence-electron chi connectivity index (χ4n) is 1.85. The van der Waals surface area contributed by atoms with Crippen LogP contribution in [-0.2, 0) is 11.0 Å². The van der Waals surface area contributed by atoms with Crippen molar-refractivity contribution in [3.63, 3.8) is 0 Å². The molecule has 4 heteroatoms. The van der Waals surface area contributed by atoms with Crippen molar-refractivity contribution in [1.29, 1.82) is 0 Å². The monoisotopic (exact) mass is 246 g/mol. The van der Waals surface area contributed by atoms with Crippen LogP contribution in [0, 0.1) is 0 Å². The summed E-state index contributed by atoms with van der Waals surface area (Å²) in [5, 5.41) is 0. The number of likely N-dealkylation sites (tertiary alicyclic amines) is 1. The van der Waals surface area contributed by atoms with Crippen LogP contribution in [0.5, 0.6) is 0 Å². The van der Waals surface area contributed by atoms with E-state index in [1.807, 2.05) is 20.8 Å². The second-order valence-electron chi connectivity index (χ2n) is 5.78. The first-order valence-corrected chi connectivity index (χ1v) is 7.41. The van der Waals surface area contributed by atoms with Crippen molar-refractivity contribution in [3.8, 4) is 0 Å². The Kier molecular flexibility index (Phi) is 5.41. The van der Waals surface area contributed by atoms with Gasteiger partial charge in [-0.25, -0.2) is 8.93 Å². The second-order valence-corrected chi connectivity index (χ2v) is 7.78. The summed E-state index contributed by atoms with van der Waals surface area (Å²) in [5.74, 6) is 0. The highest BCUT2D eigenvalue weighted by Crippen LogP contribution is 2.15. The van der Waals surface area contributed by atoms with Gasteiger partial charge in [-0.15, -0.1) is 0 Å². The van der Waals surface area contributed by atoms with Crippen molar-refractivity contribution in [2.45, 2.75) is 57.2 Å². The molecule has 2 atom stereocenters. The van der Waals surface area contributed by atoms with Crippen molar-refractivity contribution >= 4 is 11.0 Å². The number of hydrogen-bond donors (Lipinski definition) is 1. The van der Waals surface area contributed by atoms with Crippen molar-refractivity contribution in [2.75, 3.05) is 20.1 Å². The fourth-order valence-corrected chi connectivity index (χ4v) is 2.74. The molecule has 2 unspecified atom stereocenters. The molecular weight excluding hydrogens is 220 g/mol. The molecule has 3 nitrogen and oxygen atoms in total. The van der Waals surface area contributed by atoms with Gasteiger partial charge in [0.05, 0.1) is 15.7 Å². The molecule has 0 radical (unpaired) electrons. The molecule has 96 valence electrons. The molecule has 0 aromatic heterocycles. The van der Waals surface area contributed by atoms with Crippen LogP contribution in [0.25, 0.3) is 0 Å². The summed E-state index contributed by atoms with van der Waals surface area (Å²) in [4.78, 5) is 2.37. The first-order valence-electron chi connectivity index (χ1n) is 6.26. The van der Waals surface area contributed by atoms with Gasteiger partial charge >= 0.3 is 0 Å². The minimum absolute atomic E-state index is 0.158. The van der Waals surface area contributed by atoms with Crippen LogP contribution in [0.15, 0.2) is 0 Å². The molecule has 1 saturated heterocycles. The SMILES string of the molecule is CN1CCCCC(NS(=O)C(C)(C)C)CC1. The van der Waals surface area contributed by atoms with Crippen LogP contribution < -0.4 is 4.72 Å². The van der Waals surface area contributed by atoms with Gasteiger partial charge in [0.2, 0.25) is 0 Å². The summed E-state index contributed by atoms with van der Waals surface area (Å²) in [6, 6.07) is 0.419. The van der Waals surface area contributed by atoms with E-state index < -0.39 is 11.0 Å². The molecule has 0 aromatic carbocycles. The zero-order valence-corrected chi connectivity index (χ0v) is 11.9. The van der Waals surface area contributed by atoms with Crippen molar-refractivity contribution in [1.82, 2.24) is 9.62 Å². The predicted molar refractivity (Wildman–Crippen MR) is 70.8 cm³/mol. The first kappa shape index (κ1) is 14.1. The maximum atomic E-state index is 12.0. The Labute approximate surface area is 103 Å². The largest absolute Gasteiger partial charge is 0.306 e. The van der Waals surface area contributed by atoms with Gasteiger partial charge < -0.3 is 4.90 Å². The number of hydrogen-bond acceptors (Lipinski definition) is 2. The molecule has 1 rings (SSSR count).